The van der Waals surface area contributed by atoms with E-state index in [9.17, 15) is 10.1 Å². The Kier molecular flexibility index (Phi) is 4.47. The van der Waals surface area contributed by atoms with Crippen LogP contribution in [0.2, 0.25) is 0 Å². The molecule has 0 atom stereocenters. The van der Waals surface area contributed by atoms with Crippen LogP contribution in [0, 0.1) is 10.1 Å². The van der Waals surface area contributed by atoms with Crippen LogP contribution in [0.1, 0.15) is 13.8 Å². The molecule has 0 bridgehead atoms. The van der Waals surface area contributed by atoms with E-state index in [-0.39, 0.29) is 5.69 Å². The molecule has 1 N–H and O–H groups in total. The molecule has 0 unspecified atom stereocenters. The highest BCUT2D eigenvalue weighted by molar-refractivity contribution is 5.92. The van der Waals surface area contributed by atoms with Crippen molar-refractivity contribution < 1.29 is 9.66 Å². The Morgan fingerprint density at radius 1 is 1.40 bits per heavy atom. The summed E-state index contributed by atoms with van der Waals surface area (Å²) in [6.07, 6.45) is 1.60. The van der Waals surface area contributed by atoms with Gasteiger partial charge in [-0.05, 0) is 18.2 Å². The number of pyridine rings is 1. The van der Waals surface area contributed by atoms with Gasteiger partial charge in [-0.25, -0.2) is 0 Å². The van der Waals surface area contributed by atoms with E-state index in [2.05, 4.69) is 24.1 Å². The first-order valence-corrected chi connectivity index (χ1v) is 6.48. The average molecular weight is 275 g/mol. The van der Waals surface area contributed by atoms with Gasteiger partial charge < -0.3 is 10.1 Å². The van der Waals surface area contributed by atoms with Gasteiger partial charge in [0.15, 0.2) is 0 Å². The van der Waals surface area contributed by atoms with E-state index in [0.717, 1.165) is 0 Å². The molecule has 6 nitrogen and oxygen atoms in total. The van der Waals surface area contributed by atoms with E-state index >= 15 is 0 Å². The molecule has 2 aromatic rings. The zero-order valence-corrected chi connectivity index (χ0v) is 11.5. The predicted molar refractivity (Wildman–Crippen MR) is 77.0 cm³/mol. The minimum atomic E-state index is -0.409. The molecule has 1 aromatic carbocycles. The van der Waals surface area contributed by atoms with Crippen molar-refractivity contribution in [2.75, 3.05) is 13.2 Å². The van der Waals surface area contributed by atoms with Gasteiger partial charge in [0, 0.05) is 24.8 Å². The van der Waals surface area contributed by atoms with Crippen molar-refractivity contribution in [1.82, 2.24) is 10.3 Å². The van der Waals surface area contributed by atoms with Crippen LogP contribution in [0.5, 0.6) is 5.75 Å². The molecule has 0 fully saturated rings. The minimum Gasteiger partial charge on any atom is -0.490 e. The molecule has 0 aliphatic rings. The third-order valence-electron chi connectivity index (χ3n) is 2.82. The molecular weight excluding hydrogens is 258 g/mol. The molecule has 1 aromatic heterocycles. The summed E-state index contributed by atoms with van der Waals surface area (Å²) in [5, 5.41) is 14.7. The summed E-state index contributed by atoms with van der Waals surface area (Å²) in [6.45, 7) is 5.32. The lowest BCUT2D eigenvalue weighted by Crippen LogP contribution is -2.27. The van der Waals surface area contributed by atoms with Crippen LogP contribution in [-0.2, 0) is 0 Å². The van der Waals surface area contributed by atoms with Crippen LogP contribution in [0.3, 0.4) is 0 Å². The fourth-order valence-electron chi connectivity index (χ4n) is 1.92. The molecule has 106 valence electrons. The highest BCUT2D eigenvalue weighted by Crippen LogP contribution is 2.30. The number of aromatic nitrogens is 1. The Balaban J connectivity index is 2.22. The van der Waals surface area contributed by atoms with E-state index < -0.39 is 4.92 Å². The second-order valence-corrected chi connectivity index (χ2v) is 4.70. The molecule has 6 heteroatoms. The van der Waals surface area contributed by atoms with Crippen molar-refractivity contribution >= 4 is 16.6 Å². The standard InChI is InChI=1S/C14H17N3O3/c1-10(2)15-8-9-20-13-6-5-12(17(18)19)11-4-3-7-16-14(11)13/h3-7,10,15H,8-9H2,1-2H3. The topological polar surface area (TPSA) is 77.3 Å². The third-order valence-corrected chi connectivity index (χ3v) is 2.82. The Hall–Kier alpha value is -2.21. The van der Waals surface area contributed by atoms with Gasteiger partial charge in [0.25, 0.3) is 5.69 Å². The van der Waals surface area contributed by atoms with Gasteiger partial charge in [0.2, 0.25) is 0 Å². The smallest absolute Gasteiger partial charge is 0.279 e. The molecule has 0 radical (unpaired) electrons. The monoisotopic (exact) mass is 275 g/mol. The van der Waals surface area contributed by atoms with Gasteiger partial charge in [-0.1, -0.05) is 13.8 Å². The maximum absolute atomic E-state index is 11.0. The summed E-state index contributed by atoms with van der Waals surface area (Å²) in [4.78, 5) is 14.8. The van der Waals surface area contributed by atoms with E-state index in [1.807, 2.05) is 0 Å². The number of ether oxygens (including phenoxy) is 1. The molecule has 1 heterocycles. The highest BCUT2D eigenvalue weighted by Gasteiger charge is 2.15. The lowest BCUT2D eigenvalue weighted by Gasteiger charge is -2.11. The number of nitrogens with one attached hydrogen (secondary N) is 1. The van der Waals surface area contributed by atoms with Crippen LogP contribution < -0.4 is 10.1 Å². The summed E-state index contributed by atoms with van der Waals surface area (Å²) in [5.41, 5.74) is 0.562. The second kappa shape index (κ2) is 6.29. The Morgan fingerprint density at radius 2 is 2.20 bits per heavy atom. The van der Waals surface area contributed by atoms with Gasteiger partial charge in [0.05, 0.1) is 10.3 Å². The number of hydrogen-bond donors (Lipinski definition) is 1. The summed E-state index contributed by atoms with van der Waals surface area (Å²) >= 11 is 0. The van der Waals surface area contributed by atoms with Crippen molar-refractivity contribution in [3.05, 3.63) is 40.6 Å². The molecule has 0 saturated heterocycles. The molecule has 0 aliphatic heterocycles. The number of non-ortho nitro benzene ring substituents is 1. The number of fused-ring (bicyclic) bond motifs is 1. The largest absolute Gasteiger partial charge is 0.490 e. The number of nitro benzene ring substituents is 1. The summed E-state index contributed by atoms with van der Waals surface area (Å²) in [7, 11) is 0. The van der Waals surface area contributed by atoms with Crippen molar-refractivity contribution in [1.29, 1.82) is 0 Å². The number of nitrogens with zero attached hydrogens (tertiary/aromatic N) is 2. The van der Waals surface area contributed by atoms with Gasteiger partial charge in [-0.3, -0.25) is 15.1 Å². The van der Waals surface area contributed by atoms with E-state index in [4.69, 9.17) is 4.74 Å². The summed E-state index contributed by atoms with van der Waals surface area (Å²) < 4.78 is 5.66. The number of hydrogen-bond acceptors (Lipinski definition) is 5. The predicted octanol–water partition coefficient (Wildman–Crippen LogP) is 2.52. The molecule has 0 spiro atoms. The fourth-order valence-corrected chi connectivity index (χ4v) is 1.92. The van der Waals surface area contributed by atoms with Gasteiger partial charge in [0.1, 0.15) is 17.9 Å². The Bertz CT molecular complexity index is 614. The summed E-state index contributed by atoms with van der Waals surface area (Å²) in [6, 6.07) is 6.81. The van der Waals surface area contributed by atoms with E-state index in [1.54, 1.807) is 24.4 Å². The van der Waals surface area contributed by atoms with Crippen molar-refractivity contribution in [3.8, 4) is 5.75 Å². The van der Waals surface area contributed by atoms with Crippen LogP contribution in [0.4, 0.5) is 5.69 Å². The highest BCUT2D eigenvalue weighted by atomic mass is 16.6. The van der Waals surface area contributed by atoms with E-state index in [1.165, 1.54) is 6.07 Å². The van der Waals surface area contributed by atoms with Crippen LogP contribution in [0.15, 0.2) is 30.5 Å². The quantitative estimate of drug-likeness (QED) is 0.498. The Labute approximate surface area is 116 Å². The average Bonchev–Trinajstić information content (AvgIpc) is 2.43. The first-order valence-electron chi connectivity index (χ1n) is 6.48. The van der Waals surface area contributed by atoms with Crippen molar-refractivity contribution in [2.24, 2.45) is 0 Å². The summed E-state index contributed by atoms with van der Waals surface area (Å²) in [5.74, 6) is 0.566. The van der Waals surface area contributed by atoms with Gasteiger partial charge in [-0.2, -0.15) is 0 Å². The lowest BCUT2D eigenvalue weighted by atomic mass is 10.1. The molecule has 20 heavy (non-hydrogen) atoms. The minimum absolute atomic E-state index is 0.0424. The van der Waals surface area contributed by atoms with Crippen molar-refractivity contribution in [3.63, 3.8) is 0 Å². The van der Waals surface area contributed by atoms with E-state index in [0.29, 0.717) is 35.8 Å². The number of benzene rings is 1. The molecule has 0 amide bonds. The SMILES string of the molecule is CC(C)NCCOc1ccc([N+](=O)[O-])c2cccnc12. The lowest BCUT2D eigenvalue weighted by molar-refractivity contribution is -0.383. The maximum Gasteiger partial charge on any atom is 0.279 e. The first kappa shape index (κ1) is 14.2. The first-order chi connectivity index (χ1) is 9.59. The van der Waals surface area contributed by atoms with Crippen LogP contribution >= 0.6 is 0 Å². The van der Waals surface area contributed by atoms with Gasteiger partial charge in [-0.15, -0.1) is 0 Å². The second-order valence-electron chi connectivity index (χ2n) is 4.70. The molecule has 2 rings (SSSR count). The maximum atomic E-state index is 11.0. The van der Waals surface area contributed by atoms with Crippen molar-refractivity contribution in [2.45, 2.75) is 19.9 Å². The fraction of sp³-hybridized carbons (Fsp3) is 0.357. The number of rotatable bonds is 6. The Morgan fingerprint density at radius 3 is 2.90 bits per heavy atom. The van der Waals surface area contributed by atoms with Gasteiger partial charge >= 0.3 is 0 Å². The molecular formula is C14H17N3O3. The molecule has 0 aliphatic carbocycles. The zero-order valence-electron chi connectivity index (χ0n) is 11.5. The third kappa shape index (κ3) is 3.21. The van der Waals surface area contributed by atoms with Crippen LogP contribution in [-0.4, -0.2) is 29.1 Å². The molecule has 0 saturated carbocycles. The zero-order chi connectivity index (χ0) is 14.5. The van der Waals surface area contributed by atoms with Crippen LogP contribution in [0.25, 0.3) is 10.9 Å². The normalized spacial score (nSPS) is 10.9. The number of nitro groups is 1.